The normalized spacial score (nSPS) is 11.4. The highest BCUT2D eigenvalue weighted by atomic mass is 16.2. The molecule has 0 fully saturated rings. The molecule has 0 bridgehead atoms. The van der Waals surface area contributed by atoms with Crippen LogP contribution in [0.25, 0.3) is 0 Å². The van der Waals surface area contributed by atoms with Gasteiger partial charge in [-0.25, -0.2) is 4.98 Å². The van der Waals surface area contributed by atoms with Crippen molar-refractivity contribution in [2.45, 2.75) is 39.0 Å². The minimum atomic E-state index is -0.238. The van der Waals surface area contributed by atoms with Crippen molar-refractivity contribution >= 4 is 5.91 Å². The van der Waals surface area contributed by atoms with E-state index in [0.29, 0.717) is 6.54 Å². The Morgan fingerprint density at radius 3 is 2.67 bits per heavy atom. The first-order valence-electron chi connectivity index (χ1n) is 7.28. The fourth-order valence-corrected chi connectivity index (χ4v) is 2.12. The van der Waals surface area contributed by atoms with Crippen molar-refractivity contribution in [3.05, 3.63) is 47.5 Å². The molecule has 0 aliphatic rings. The summed E-state index contributed by atoms with van der Waals surface area (Å²) in [6.07, 6.45) is 1.77. The zero-order valence-electron chi connectivity index (χ0n) is 12.8. The lowest BCUT2D eigenvalue weighted by atomic mass is 9.84. The summed E-state index contributed by atoms with van der Waals surface area (Å²) >= 11 is 0. The Hall–Kier alpha value is -2.17. The number of carbonyl (C=O) groups excluding carboxylic acids is 1. The predicted molar refractivity (Wildman–Crippen MR) is 82.2 cm³/mol. The summed E-state index contributed by atoms with van der Waals surface area (Å²) < 4.78 is 0. The highest BCUT2D eigenvalue weighted by Gasteiger charge is 2.22. The Labute approximate surface area is 125 Å². The van der Waals surface area contributed by atoms with Gasteiger partial charge in [-0.1, -0.05) is 51.1 Å². The second-order valence-corrected chi connectivity index (χ2v) is 5.79. The van der Waals surface area contributed by atoms with Gasteiger partial charge in [0.1, 0.15) is 5.82 Å². The fraction of sp³-hybridized carbons (Fsp3) is 0.438. The molecule has 21 heavy (non-hydrogen) atoms. The number of nitrogens with zero attached hydrogens (tertiary/aromatic N) is 2. The monoisotopic (exact) mass is 286 g/mol. The maximum atomic E-state index is 12.1. The van der Waals surface area contributed by atoms with Gasteiger partial charge in [-0.2, -0.15) is 0 Å². The van der Waals surface area contributed by atoms with Crippen molar-refractivity contribution in [3.8, 4) is 0 Å². The van der Waals surface area contributed by atoms with E-state index in [9.17, 15) is 4.79 Å². The van der Waals surface area contributed by atoms with Gasteiger partial charge in [0.2, 0.25) is 5.82 Å². The van der Waals surface area contributed by atoms with Gasteiger partial charge in [0.05, 0.1) is 0 Å². The Bertz CT molecular complexity index is 589. The van der Waals surface area contributed by atoms with Crippen LogP contribution in [0.3, 0.4) is 0 Å². The smallest absolute Gasteiger partial charge is 0.290 e. The third kappa shape index (κ3) is 3.90. The van der Waals surface area contributed by atoms with Crippen LogP contribution < -0.4 is 5.32 Å². The number of H-pyrrole nitrogens is 1. The molecule has 1 heterocycles. The van der Waals surface area contributed by atoms with Crippen LogP contribution in [0, 0.1) is 0 Å². The lowest BCUT2D eigenvalue weighted by Crippen LogP contribution is -2.37. The summed E-state index contributed by atoms with van der Waals surface area (Å²) in [7, 11) is 0. The van der Waals surface area contributed by atoms with E-state index in [0.717, 1.165) is 18.7 Å². The van der Waals surface area contributed by atoms with Gasteiger partial charge < -0.3 is 5.32 Å². The number of hydrogen-bond donors (Lipinski definition) is 2. The van der Waals surface area contributed by atoms with Gasteiger partial charge >= 0.3 is 0 Å². The number of hydrogen-bond acceptors (Lipinski definition) is 3. The van der Waals surface area contributed by atoms with Crippen molar-refractivity contribution < 1.29 is 4.79 Å². The van der Waals surface area contributed by atoms with E-state index in [1.54, 1.807) is 0 Å². The molecule has 2 rings (SSSR count). The number of aromatic amines is 1. The Balaban J connectivity index is 1.96. The van der Waals surface area contributed by atoms with Crippen LogP contribution >= 0.6 is 0 Å². The largest absolute Gasteiger partial charge is 0.348 e. The van der Waals surface area contributed by atoms with Gasteiger partial charge in [0, 0.05) is 18.4 Å². The zero-order chi connectivity index (χ0) is 15.3. The van der Waals surface area contributed by atoms with Gasteiger partial charge in [-0.3, -0.25) is 9.89 Å². The molecule has 0 spiro atoms. The van der Waals surface area contributed by atoms with E-state index >= 15 is 0 Å². The summed E-state index contributed by atoms with van der Waals surface area (Å²) in [5, 5.41) is 9.66. The molecule has 5 heteroatoms. The molecule has 112 valence electrons. The molecule has 1 aromatic carbocycles. The Kier molecular flexibility index (Phi) is 4.73. The van der Waals surface area contributed by atoms with Crippen LogP contribution in [0.15, 0.2) is 30.3 Å². The first kappa shape index (κ1) is 15.2. The number of carbonyl (C=O) groups is 1. The summed E-state index contributed by atoms with van der Waals surface area (Å²) in [4.78, 5) is 16.3. The molecule has 2 aromatic rings. The first-order chi connectivity index (χ1) is 10.0. The van der Waals surface area contributed by atoms with E-state index in [1.165, 1.54) is 5.56 Å². The second-order valence-electron chi connectivity index (χ2n) is 5.79. The van der Waals surface area contributed by atoms with Gasteiger partial charge in [-0.15, -0.1) is 5.10 Å². The number of benzene rings is 1. The van der Waals surface area contributed by atoms with Gasteiger partial charge in [0.25, 0.3) is 5.91 Å². The van der Waals surface area contributed by atoms with Crippen molar-refractivity contribution in [2.24, 2.45) is 0 Å². The number of nitrogens with one attached hydrogen (secondary N) is 2. The molecule has 1 amide bonds. The average Bonchev–Trinajstić information content (AvgIpc) is 2.95. The minimum absolute atomic E-state index is 0.139. The quantitative estimate of drug-likeness (QED) is 0.857. The summed E-state index contributed by atoms with van der Waals surface area (Å²) in [6, 6.07) is 10.1. The molecule has 0 unspecified atom stereocenters. The van der Waals surface area contributed by atoms with Crippen LogP contribution in [0.5, 0.6) is 0 Å². The molecule has 1 aromatic heterocycles. The summed E-state index contributed by atoms with van der Waals surface area (Å²) in [5.74, 6) is 0.727. The van der Waals surface area contributed by atoms with Crippen molar-refractivity contribution in [1.29, 1.82) is 0 Å². The number of rotatable bonds is 6. The number of amides is 1. The molecule has 0 atom stereocenters. The highest BCUT2D eigenvalue weighted by Crippen LogP contribution is 2.21. The third-order valence-corrected chi connectivity index (χ3v) is 3.47. The van der Waals surface area contributed by atoms with E-state index < -0.39 is 0 Å². The van der Waals surface area contributed by atoms with Crippen LogP contribution in [-0.4, -0.2) is 27.6 Å². The van der Waals surface area contributed by atoms with Gasteiger partial charge in [0.15, 0.2) is 0 Å². The van der Waals surface area contributed by atoms with E-state index in [-0.39, 0.29) is 17.1 Å². The standard InChI is InChI=1S/C16H22N4O/c1-4-8-13-18-14(20-19-13)15(21)17-11-16(2,3)12-9-6-5-7-10-12/h5-7,9-10H,4,8,11H2,1-3H3,(H,17,21)(H,18,19,20). The molecule has 0 aliphatic heterocycles. The Morgan fingerprint density at radius 2 is 2.00 bits per heavy atom. The summed E-state index contributed by atoms with van der Waals surface area (Å²) in [5.41, 5.74) is 1.05. The predicted octanol–water partition coefficient (Wildman–Crippen LogP) is 2.46. The van der Waals surface area contributed by atoms with Crippen LogP contribution in [0.4, 0.5) is 0 Å². The first-order valence-corrected chi connectivity index (χ1v) is 7.28. The lowest BCUT2D eigenvalue weighted by molar-refractivity contribution is 0.0935. The minimum Gasteiger partial charge on any atom is -0.348 e. The van der Waals surface area contributed by atoms with Crippen LogP contribution in [0.2, 0.25) is 0 Å². The molecular weight excluding hydrogens is 264 g/mol. The van der Waals surface area contributed by atoms with Gasteiger partial charge in [-0.05, 0) is 12.0 Å². The molecule has 0 saturated carbocycles. The molecule has 2 N–H and O–H groups in total. The second kappa shape index (κ2) is 6.52. The number of aromatic nitrogens is 3. The zero-order valence-corrected chi connectivity index (χ0v) is 12.8. The van der Waals surface area contributed by atoms with E-state index in [4.69, 9.17) is 0 Å². The van der Waals surface area contributed by atoms with E-state index in [2.05, 4.69) is 53.4 Å². The fourth-order valence-electron chi connectivity index (χ4n) is 2.12. The molecule has 5 nitrogen and oxygen atoms in total. The topological polar surface area (TPSA) is 70.7 Å². The maximum absolute atomic E-state index is 12.1. The van der Waals surface area contributed by atoms with Crippen LogP contribution in [-0.2, 0) is 11.8 Å². The average molecular weight is 286 g/mol. The maximum Gasteiger partial charge on any atom is 0.290 e. The molecular formula is C16H22N4O. The van der Waals surface area contributed by atoms with Crippen molar-refractivity contribution in [1.82, 2.24) is 20.5 Å². The van der Waals surface area contributed by atoms with Crippen molar-refractivity contribution in [2.75, 3.05) is 6.54 Å². The molecule has 0 aliphatic carbocycles. The highest BCUT2D eigenvalue weighted by molar-refractivity contribution is 5.90. The van der Waals surface area contributed by atoms with Crippen LogP contribution in [0.1, 0.15) is 49.2 Å². The SMILES string of the molecule is CCCc1nc(C(=O)NCC(C)(C)c2ccccc2)n[nH]1. The lowest BCUT2D eigenvalue weighted by Gasteiger charge is -2.25. The summed E-state index contributed by atoms with van der Waals surface area (Å²) in [6.45, 7) is 6.80. The number of aryl methyl sites for hydroxylation is 1. The van der Waals surface area contributed by atoms with E-state index in [1.807, 2.05) is 18.2 Å². The Morgan fingerprint density at radius 1 is 1.29 bits per heavy atom. The molecule has 0 saturated heterocycles. The van der Waals surface area contributed by atoms with Crippen molar-refractivity contribution in [3.63, 3.8) is 0 Å². The third-order valence-electron chi connectivity index (χ3n) is 3.47. The molecule has 0 radical (unpaired) electrons.